The smallest absolute Gasteiger partial charge is 0.407 e. The second-order valence-electron chi connectivity index (χ2n) is 6.06. The van der Waals surface area contributed by atoms with Crippen molar-refractivity contribution < 1.29 is 24.1 Å². The molecule has 1 unspecified atom stereocenters. The third kappa shape index (κ3) is 9.89. The molecule has 1 atom stereocenters. The summed E-state index contributed by atoms with van der Waals surface area (Å²) < 4.78 is 19.0. The highest BCUT2D eigenvalue weighted by molar-refractivity contribution is 14.1. The Hall–Kier alpha value is 0.560. The van der Waals surface area contributed by atoms with Gasteiger partial charge in [-0.1, -0.05) is 0 Å². The van der Waals surface area contributed by atoms with Crippen molar-refractivity contribution >= 4 is 73.9 Å². The lowest BCUT2D eigenvalue weighted by Crippen LogP contribution is -2.34. The van der Waals surface area contributed by atoms with Gasteiger partial charge in [0.25, 0.3) is 0 Å². The van der Waals surface area contributed by atoms with E-state index in [4.69, 9.17) is 14.2 Å². The Balaban J connectivity index is 2.21. The molecule has 0 fully saturated rings. The first-order valence-corrected chi connectivity index (χ1v) is 10.8. The van der Waals surface area contributed by atoms with Gasteiger partial charge in [-0.15, -0.1) is 0 Å². The summed E-state index contributed by atoms with van der Waals surface area (Å²) in [5.41, 5.74) is 0.239. The van der Waals surface area contributed by atoms with E-state index in [1.807, 2.05) is 32.9 Å². The molecule has 2 N–H and O–H groups in total. The Morgan fingerprint density at radius 2 is 1.88 bits per heavy atom. The number of aliphatic hydroxyl groups is 1. The SMILES string of the molecule is CC(C)(C)OC(=O)NCCOCCOC(O)c1cc(I)cc(I)c1I. The molecule has 1 amide bonds. The summed E-state index contributed by atoms with van der Waals surface area (Å²) in [7, 11) is 0. The molecular weight excluding hydrogens is 667 g/mol. The van der Waals surface area contributed by atoms with Gasteiger partial charge in [-0.2, -0.15) is 0 Å². The molecule has 0 spiro atoms. The van der Waals surface area contributed by atoms with Crippen LogP contribution < -0.4 is 5.32 Å². The number of carbonyl (C=O) groups excluding carboxylic acids is 1. The molecule has 9 heteroatoms. The lowest BCUT2D eigenvalue weighted by molar-refractivity contribution is -0.116. The average Bonchev–Trinajstić information content (AvgIpc) is 2.47. The number of halogens is 3. The van der Waals surface area contributed by atoms with Gasteiger partial charge in [0.05, 0.1) is 19.8 Å². The zero-order valence-electron chi connectivity index (χ0n) is 14.3. The molecular formula is C16H22I3NO5. The predicted octanol–water partition coefficient (Wildman–Crippen LogP) is 4.05. The van der Waals surface area contributed by atoms with E-state index >= 15 is 0 Å². The zero-order valence-corrected chi connectivity index (χ0v) is 20.7. The summed E-state index contributed by atoms with van der Waals surface area (Å²) in [6.45, 7) is 6.70. The lowest BCUT2D eigenvalue weighted by atomic mass is 10.2. The fraction of sp³-hybridized carbons (Fsp3) is 0.562. The molecule has 0 aliphatic heterocycles. The van der Waals surface area contributed by atoms with Crippen LogP contribution in [0.4, 0.5) is 4.79 Å². The minimum Gasteiger partial charge on any atom is -0.444 e. The van der Waals surface area contributed by atoms with Crippen LogP contribution in [0.15, 0.2) is 12.1 Å². The van der Waals surface area contributed by atoms with Crippen molar-refractivity contribution in [2.45, 2.75) is 32.7 Å². The molecule has 0 saturated carbocycles. The number of benzene rings is 1. The summed E-state index contributed by atoms with van der Waals surface area (Å²) in [6.07, 6.45) is -1.45. The monoisotopic (exact) mass is 689 g/mol. The maximum absolute atomic E-state index is 11.4. The number of rotatable bonds is 8. The largest absolute Gasteiger partial charge is 0.444 e. The number of carbonyl (C=O) groups is 1. The van der Waals surface area contributed by atoms with Gasteiger partial charge in [0.15, 0.2) is 6.29 Å². The molecule has 25 heavy (non-hydrogen) atoms. The quantitative estimate of drug-likeness (QED) is 0.187. The molecule has 142 valence electrons. The van der Waals surface area contributed by atoms with E-state index in [1.165, 1.54) is 0 Å². The molecule has 0 aliphatic carbocycles. The van der Waals surface area contributed by atoms with Gasteiger partial charge in [-0.3, -0.25) is 0 Å². The first-order valence-electron chi connectivity index (χ1n) is 7.59. The van der Waals surface area contributed by atoms with Crippen molar-refractivity contribution in [1.29, 1.82) is 0 Å². The van der Waals surface area contributed by atoms with Crippen LogP contribution in [0.5, 0.6) is 0 Å². The number of aliphatic hydroxyl groups excluding tert-OH is 1. The maximum Gasteiger partial charge on any atom is 0.407 e. The maximum atomic E-state index is 11.4. The summed E-state index contributed by atoms with van der Waals surface area (Å²) in [5, 5.41) is 12.8. The lowest BCUT2D eigenvalue weighted by Gasteiger charge is -2.19. The summed E-state index contributed by atoms with van der Waals surface area (Å²) >= 11 is 6.64. The Kier molecular flexibility index (Phi) is 10.8. The van der Waals surface area contributed by atoms with Gasteiger partial charge < -0.3 is 24.6 Å². The average molecular weight is 689 g/mol. The van der Waals surface area contributed by atoms with Gasteiger partial charge in [-0.05, 0) is 101 Å². The Bertz CT molecular complexity index is 578. The summed E-state index contributed by atoms with van der Waals surface area (Å²) in [5.74, 6) is 0. The normalized spacial score (nSPS) is 12.8. The summed E-state index contributed by atoms with van der Waals surface area (Å²) in [4.78, 5) is 11.4. The van der Waals surface area contributed by atoms with Gasteiger partial charge in [0.2, 0.25) is 0 Å². The predicted molar refractivity (Wildman–Crippen MR) is 121 cm³/mol. The molecule has 1 aromatic carbocycles. The highest BCUT2D eigenvalue weighted by atomic mass is 127. The van der Waals surface area contributed by atoms with Gasteiger partial charge >= 0.3 is 6.09 Å². The van der Waals surface area contributed by atoms with Crippen LogP contribution in [0.2, 0.25) is 0 Å². The fourth-order valence-electron chi connectivity index (χ4n) is 1.71. The van der Waals surface area contributed by atoms with E-state index in [9.17, 15) is 9.90 Å². The molecule has 0 bridgehead atoms. The van der Waals surface area contributed by atoms with Gasteiger partial charge in [0.1, 0.15) is 5.60 Å². The van der Waals surface area contributed by atoms with E-state index < -0.39 is 18.0 Å². The number of ether oxygens (including phenoxy) is 3. The molecule has 6 nitrogen and oxygen atoms in total. The molecule has 1 aromatic rings. The van der Waals surface area contributed by atoms with Crippen LogP contribution in [0, 0.1) is 10.7 Å². The van der Waals surface area contributed by atoms with Crippen LogP contribution in [0.3, 0.4) is 0 Å². The third-order valence-electron chi connectivity index (χ3n) is 2.71. The number of nitrogens with one attached hydrogen (secondary N) is 1. The van der Waals surface area contributed by atoms with Crippen LogP contribution in [-0.4, -0.2) is 43.2 Å². The van der Waals surface area contributed by atoms with Crippen LogP contribution in [0.1, 0.15) is 32.6 Å². The fourth-order valence-corrected chi connectivity index (χ4v) is 4.17. The Labute approximate surface area is 189 Å². The second kappa shape index (κ2) is 11.4. The second-order valence-corrected chi connectivity index (χ2v) is 9.54. The van der Waals surface area contributed by atoms with Crippen molar-refractivity contribution in [3.63, 3.8) is 0 Å². The van der Waals surface area contributed by atoms with E-state index in [2.05, 4.69) is 73.1 Å². The van der Waals surface area contributed by atoms with E-state index in [1.54, 1.807) is 0 Å². The number of alkyl carbamates (subject to hydrolysis) is 1. The van der Waals surface area contributed by atoms with Crippen molar-refractivity contribution in [2.24, 2.45) is 0 Å². The molecule has 1 rings (SSSR count). The van der Waals surface area contributed by atoms with Crippen LogP contribution in [-0.2, 0) is 14.2 Å². The van der Waals surface area contributed by atoms with Crippen LogP contribution >= 0.6 is 67.8 Å². The molecule has 0 saturated heterocycles. The highest BCUT2D eigenvalue weighted by Gasteiger charge is 2.16. The number of amides is 1. The van der Waals surface area contributed by atoms with Gasteiger partial charge in [-0.25, -0.2) is 4.79 Å². The number of hydrogen-bond donors (Lipinski definition) is 2. The van der Waals surface area contributed by atoms with Crippen molar-refractivity contribution in [3.8, 4) is 0 Å². The van der Waals surface area contributed by atoms with Gasteiger partial charge in [0, 0.05) is 22.8 Å². The summed E-state index contributed by atoms with van der Waals surface area (Å²) in [6, 6.07) is 3.95. The highest BCUT2D eigenvalue weighted by Crippen LogP contribution is 2.27. The minimum atomic E-state index is -0.987. The van der Waals surface area contributed by atoms with Crippen molar-refractivity contribution in [1.82, 2.24) is 5.32 Å². The Morgan fingerprint density at radius 3 is 2.52 bits per heavy atom. The first kappa shape index (κ1) is 23.6. The van der Waals surface area contributed by atoms with Crippen LogP contribution in [0.25, 0.3) is 0 Å². The Morgan fingerprint density at radius 1 is 1.20 bits per heavy atom. The van der Waals surface area contributed by atoms with Crippen molar-refractivity contribution in [3.05, 3.63) is 28.4 Å². The first-order chi connectivity index (χ1) is 11.6. The molecule has 0 radical (unpaired) electrons. The molecule has 0 heterocycles. The van der Waals surface area contributed by atoms with E-state index in [0.717, 1.165) is 16.3 Å². The third-order valence-corrected chi connectivity index (χ3v) is 6.41. The zero-order chi connectivity index (χ0) is 19.0. The van der Waals surface area contributed by atoms with E-state index in [-0.39, 0.29) is 6.61 Å². The molecule has 0 aliphatic rings. The number of hydrogen-bond acceptors (Lipinski definition) is 5. The molecule has 0 aromatic heterocycles. The minimum absolute atomic E-state index is 0.256. The van der Waals surface area contributed by atoms with E-state index in [0.29, 0.717) is 19.8 Å². The van der Waals surface area contributed by atoms with Crippen molar-refractivity contribution in [2.75, 3.05) is 26.4 Å². The topological polar surface area (TPSA) is 77.0 Å². The standard InChI is InChI=1S/C16H22I3NO5/c1-16(2,3)25-15(22)20-4-5-23-6-7-24-14(21)11-8-10(17)9-12(18)13(11)19/h8-9,14,21H,4-7H2,1-3H3,(H,20,22).